The summed E-state index contributed by atoms with van der Waals surface area (Å²) in [6, 6.07) is 6.05. The molecule has 1 N–H and O–H groups in total. The van der Waals surface area contributed by atoms with Gasteiger partial charge in [-0.1, -0.05) is 18.4 Å². The number of hydrogen-bond acceptors (Lipinski definition) is 1. The summed E-state index contributed by atoms with van der Waals surface area (Å²) >= 11 is 11.5. The van der Waals surface area contributed by atoms with Crippen molar-refractivity contribution in [2.75, 3.05) is 0 Å². The first-order valence-electron chi connectivity index (χ1n) is 7.76. The van der Waals surface area contributed by atoms with Crippen LogP contribution in [0, 0.1) is 16.7 Å². The Balaban J connectivity index is 0.00000156. The Labute approximate surface area is 170 Å². The first-order valence-corrected chi connectivity index (χ1v) is 8.55. The van der Waals surface area contributed by atoms with Gasteiger partial charge in [-0.15, -0.1) is 29.3 Å². The fourth-order valence-electron chi connectivity index (χ4n) is 3.92. The zero-order valence-corrected chi connectivity index (χ0v) is 17.4. The first kappa shape index (κ1) is 17.8. The van der Waals surface area contributed by atoms with Crippen molar-refractivity contribution in [3.05, 3.63) is 50.8 Å². The van der Waals surface area contributed by atoms with Gasteiger partial charge in [-0.25, -0.2) is 0 Å². The average molecular weight is 425 g/mol. The van der Waals surface area contributed by atoms with E-state index in [-0.39, 0.29) is 43.9 Å². The van der Waals surface area contributed by atoms with E-state index in [1.807, 2.05) is 0 Å². The minimum atomic E-state index is -0.206. The molecule has 2 heterocycles. The van der Waals surface area contributed by atoms with Crippen molar-refractivity contribution in [1.29, 1.82) is 0 Å². The average Bonchev–Trinajstić information content (AvgIpc) is 2.99. The summed E-state index contributed by atoms with van der Waals surface area (Å²) < 4.78 is 17.2. The number of hydrogen-bond donors (Lipinski definition) is 1. The third-order valence-corrected chi connectivity index (χ3v) is 5.63. The van der Waals surface area contributed by atoms with E-state index in [1.54, 1.807) is 6.07 Å². The van der Waals surface area contributed by atoms with Gasteiger partial charge in [0.05, 0.1) is 0 Å². The molecule has 0 bridgehead atoms. The van der Waals surface area contributed by atoms with Crippen LogP contribution >= 0.6 is 23.8 Å². The van der Waals surface area contributed by atoms with Crippen LogP contribution in [0.3, 0.4) is 0 Å². The zero-order chi connectivity index (χ0) is 15.5. The molecule has 4 rings (SSSR count). The number of aryl methyl sites for hydroxylation is 1. The Morgan fingerprint density at radius 1 is 1.52 bits per heavy atom. The van der Waals surface area contributed by atoms with E-state index < -0.39 is 0 Å². The number of imidazole rings is 1. The Morgan fingerprint density at radius 2 is 2.30 bits per heavy atom. The van der Waals surface area contributed by atoms with Crippen molar-refractivity contribution in [3.63, 3.8) is 0 Å². The molecule has 1 aromatic heterocycles. The fourth-order valence-corrected chi connectivity index (χ4v) is 4.36. The van der Waals surface area contributed by atoms with Crippen LogP contribution in [0.4, 0.5) is 4.39 Å². The predicted octanol–water partition coefficient (Wildman–Crippen LogP) is 4.92. The molecule has 6 heteroatoms. The summed E-state index contributed by atoms with van der Waals surface area (Å²) in [5.41, 5.74) is 2.96. The van der Waals surface area contributed by atoms with E-state index in [2.05, 4.69) is 22.5 Å². The number of aromatic amines is 1. The van der Waals surface area contributed by atoms with E-state index in [0.717, 1.165) is 37.0 Å². The minimum absolute atomic E-state index is 0. The maximum Gasteiger partial charge on any atom is 0.177 e. The van der Waals surface area contributed by atoms with Gasteiger partial charge < -0.3 is 9.55 Å². The largest absolute Gasteiger partial charge is 0.334 e. The van der Waals surface area contributed by atoms with E-state index in [4.69, 9.17) is 23.8 Å². The van der Waals surface area contributed by atoms with Crippen LogP contribution in [0.1, 0.15) is 49.1 Å². The molecule has 1 aliphatic carbocycles. The van der Waals surface area contributed by atoms with Gasteiger partial charge in [0.1, 0.15) is 0 Å². The summed E-state index contributed by atoms with van der Waals surface area (Å²) in [5.74, 6) is 0.138. The smallest absolute Gasteiger partial charge is 0.177 e. The number of aromatic nitrogens is 2. The molecule has 1 saturated carbocycles. The quantitative estimate of drug-likeness (QED) is 0.546. The van der Waals surface area contributed by atoms with Crippen LogP contribution in [0.2, 0.25) is 5.02 Å². The Hall–Kier alpha value is -0.0261. The number of rotatable bonds is 4. The summed E-state index contributed by atoms with van der Waals surface area (Å²) in [6.45, 7) is 2.92. The van der Waals surface area contributed by atoms with Crippen LogP contribution in [0.25, 0.3) is 0 Å². The molecule has 0 unspecified atom stereocenters. The monoisotopic (exact) mass is 424 g/mol. The van der Waals surface area contributed by atoms with Gasteiger partial charge in [0, 0.05) is 67.8 Å². The van der Waals surface area contributed by atoms with Crippen molar-refractivity contribution in [2.24, 2.45) is 0 Å². The van der Waals surface area contributed by atoms with E-state index in [9.17, 15) is 4.39 Å². The van der Waals surface area contributed by atoms with Gasteiger partial charge in [-0.3, -0.25) is 4.39 Å². The predicted molar refractivity (Wildman–Crippen MR) is 87.5 cm³/mol. The molecule has 2 atom stereocenters. The molecule has 1 radical (unpaired) electrons. The number of benzene rings is 1. The van der Waals surface area contributed by atoms with Crippen LogP contribution in [0.5, 0.6) is 0 Å². The second kappa shape index (κ2) is 6.36. The molecule has 23 heavy (non-hydrogen) atoms. The first-order chi connectivity index (χ1) is 10.6. The Bertz CT molecular complexity index is 815. The summed E-state index contributed by atoms with van der Waals surface area (Å²) in [4.78, 5) is 3.35. The molecule has 2 aliphatic rings. The normalized spacial score (nSPS) is 24.0. The van der Waals surface area contributed by atoms with Crippen LogP contribution in [-0.2, 0) is 51.1 Å². The molecule has 1 aliphatic heterocycles. The number of unbranched alkanes of at least 4 members (excludes halogenated alkanes) is 1. The van der Waals surface area contributed by atoms with E-state index in [1.165, 1.54) is 17.5 Å². The van der Waals surface area contributed by atoms with Gasteiger partial charge in [0.2, 0.25) is 0 Å². The summed E-state index contributed by atoms with van der Waals surface area (Å²) in [5, 5.41) is 0.476. The molecule has 2 nitrogen and oxygen atoms in total. The Morgan fingerprint density at radius 3 is 3.04 bits per heavy atom. The molecular weight excluding hydrogens is 408 g/mol. The van der Waals surface area contributed by atoms with Gasteiger partial charge in [0.25, 0.3) is 0 Å². The second-order valence-corrected chi connectivity index (χ2v) is 7.22. The van der Waals surface area contributed by atoms with Crippen LogP contribution in [0.15, 0.2) is 12.1 Å². The van der Waals surface area contributed by atoms with Crippen molar-refractivity contribution in [1.82, 2.24) is 9.55 Å². The SMILES string of the molecule is CCCCc1[nH]c(=S)n2c1[C@@H]1C[C@]1(c1[c-]c(Cl)ccc1F)C2.[Y]. The van der Waals surface area contributed by atoms with Gasteiger partial charge in [-0.05, 0) is 31.5 Å². The van der Waals surface area contributed by atoms with Gasteiger partial charge in [-0.2, -0.15) is 6.07 Å². The Kier molecular flexibility index (Phi) is 4.92. The van der Waals surface area contributed by atoms with Gasteiger partial charge in [0.15, 0.2) is 4.77 Å². The third kappa shape index (κ3) is 2.70. The van der Waals surface area contributed by atoms with Crippen LogP contribution in [-0.4, -0.2) is 9.55 Å². The number of H-pyrrole nitrogens is 1. The van der Waals surface area contributed by atoms with Crippen molar-refractivity contribution >= 4 is 23.8 Å². The third-order valence-electron chi connectivity index (χ3n) is 5.09. The molecule has 0 saturated heterocycles. The molecule has 2 aromatic rings. The number of nitrogens with zero attached hydrogens (tertiary/aromatic N) is 1. The number of halogens is 2. The maximum atomic E-state index is 14.3. The molecule has 0 spiro atoms. The van der Waals surface area contributed by atoms with E-state index >= 15 is 0 Å². The summed E-state index contributed by atoms with van der Waals surface area (Å²) in [6.07, 6.45) is 4.26. The second-order valence-electron chi connectivity index (χ2n) is 6.43. The van der Waals surface area contributed by atoms with Crippen molar-refractivity contribution < 1.29 is 37.1 Å². The molecule has 0 amide bonds. The molecule has 1 aromatic carbocycles. The number of fused-ring (bicyclic) bond motifs is 3. The maximum absolute atomic E-state index is 14.3. The van der Waals surface area contributed by atoms with Crippen LogP contribution < -0.4 is 0 Å². The molecule has 1 fully saturated rings. The van der Waals surface area contributed by atoms with Crippen molar-refractivity contribution in [3.8, 4) is 0 Å². The minimum Gasteiger partial charge on any atom is -0.334 e. The molecular formula is C17H17ClFN2SY-. The van der Waals surface area contributed by atoms with Gasteiger partial charge >= 0.3 is 0 Å². The topological polar surface area (TPSA) is 20.7 Å². The fraction of sp³-hybridized carbons (Fsp3) is 0.471. The van der Waals surface area contributed by atoms with Crippen molar-refractivity contribution in [2.45, 2.75) is 50.5 Å². The molecule has 119 valence electrons. The summed E-state index contributed by atoms with van der Waals surface area (Å²) in [7, 11) is 0. The zero-order valence-electron chi connectivity index (χ0n) is 13.0. The standard InChI is InChI=1S/C17H17ClFN2S.Y/c1-2-3-4-14-15-12-8-17(12,9-21(15)16(22)20-14)11-7-10(18)5-6-13(11)19;/h5-6,12H,2-4,8-9H2,1H3,(H,20,22);/q-1;/t12-,17+;/m0./s1. The van der Waals surface area contributed by atoms with E-state index in [0.29, 0.717) is 16.5 Å². The number of nitrogens with one attached hydrogen (secondary N) is 1.